The Morgan fingerprint density at radius 3 is 2.38 bits per heavy atom. The molecule has 0 heterocycles. The minimum atomic E-state index is -3.62. The summed E-state index contributed by atoms with van der Waals surface area (Å²) in [7, 11) is -3.62. The molecule has 2 atom stereocenters. The van der Waals surface area contributed by atoms with Crippen LogP contribution in [0.3, 0.4) is 0 Å². The Labute approximate surface area is 126 Å². The topological polar surface area (TPSA) is 46.5 Å². The highest BCUT2D eigenvalue weighted by molar-refractivity contribution is 7.90. The molecule has 112 valence electrons. The van der Waals surface area contributed by atoms with E-state index in [0.717, 1.165) is 24.0 Å². The smallest absolute Gasteiger partial charge is 0.199 e. The third-order valence-electron chi connectivity index (χ3n) is 5.25. The van der Waals surface area contributed by atoms with Crippen LogP contribution in [-0.2, 0) is 10.0 Å². The number of aryl methyl sites for hydroxylation is 1. The van der Waals surface area contributed by atoms with Crippen LogP contribution in [0.15, 0.2) is 45.7 Å². The number of nitrogens with zero attached hydrogens (tertiary/aromatic N) is 1. The van der Waals surface area contributed by atoms with E-state index >= 15 is 0 Å². The number of fused-ring (bicyclic) bond motifs is 2. The van der Waals surface area contributed by atoms with Crippen molar-refractivity contribution < 1.29 is 8.42 Å². The Morgan fingerprint density at radius 2 is 1.86 bits per heavy atom. The second-order valence-electron chi connectivity index (χ2n) is 6.86. The van der Waals surface area contributed by atoms with E-state index in [4.69, 9.17) is 0 Å². The first-order valence-corrected chi connectivity index (χ1v) is 8.75. The van der Waals surface area contributed by atoms with E-state index in [2.05, 4.69) is 24.8 Å². The highest BCUT2D eigenvalue weighted by Gasteiger charge is 2.54. The molecule has 0 radical (unpaired) electrons. The van der Waals surface area contributed by atoms with Crippen LogP contribution in [0.4, 0.5) is 0 Å². The van der Waals surface area contributed by atoms with Crippen molar-refractivity contribution in [2.24, 2.45) is 21.6 Å². The number of hydrogen-bond acceptors (Lipinski definition) is 2. The summed E-state index contributed by atoms with van der Waals surface area (Å²) in [4.78, 5) is 0.256. The van der Waals surface area contributed by atoms with Gasteiger partial charge in [-0.1, -0.05) is 38.1 Å². The van der Waals surface area contributed by atoms with E-state index in [1.807, 2.05) is 6.92 Å². The van der Waals surface area contributed by atoms with Crippen molar-refractivity contribution >= 4 is 15.7 Å². The summed E-state index contributed by atoms with van der Waals surface area (Å²) >= 11 is 0. The number of benzene rings is 1. The standard InChI is InChI=1S/C17H21NO2S/c1-11-5-7-14(8-6-11)21(19,20)18-16-10-13-9-15(12(16)2)17(13,3)4/h5-8,13,15H,2,9-10H2,1,3-4H3/b18-16-/t13-,15+/m0/s1. The van der Waals surface area contributed by atoms with Gasteiger partial charge in [0.25, 0.3) is 10.0 Å². The predicted molar refractivity (Wildman–Crippen MR) is 84.9 cm³/mol. The molecule has 0 spiro atoms. The van der Waals surface area contributed by atoms with Crippen LogP contribution in [0.5, 0.6) is 0 Å². The quantitative estimate of drug-likeness (QED) is 0.835. The highest BCUT2D eigenvalue weighted by atomic mass is 32.2. The zero-order valence-corrected chi connectivity index (χ0v) is 13.6. The number of sulfonamides is 1. The van der Waals surface area contributed by atoms with Crippen molar-refractivity contribution in [1.82, 2.24) is 0 Å². The molecule has 0 aromatic heterocycles. The molecule has 3 saturated carbocycles. The molecule has 0 unspecified atom stereocenters. The number of allylic oxidation sites excluding steroid dienone is 1. The summed E-state index contributed by atoms with van der Waals surface area (Å²) < 4.78 is 28.9. The fraction of sp³-hybridized carbons (Fsp3) is 0.471. The Kier molecular flexibility index (Phi) is 3.14. The monoisotopic (exact) mass is 303 g/mol. The van der Waals surface area contributed by atoms with Crippen LogP contribution in [0.2, 0.25) is 0 Å². The fourth-order valence-electron chi connectivity index (χ4n) is 3.52. The maximum absolute atomic E-state index is 12.4. The molecule has 3 nitrogen and oxygen atoms in total. The van der Waals surface area contributed by atoms with Gasteiger partial charge in [0.2, 0.25) is 0 Å². The summed E-state index contributed by atoms with van der Waals surface area (Å²) in [6.07, 6.45) is 1.85. The molecule has 2 bridgehead atoms. The van der Waals surface area contributed by atoms with Gasteiger partial charge >= 0.3 is 0 Å². The molecule has 0 saturated heterocycles. The second-order valence-corrected chi connectivity index (χ2v) is 8.47. The average Bonchev–Trinajstić information content (AvgIpc) is 2.40. The van der Waals surface area contributed by atoms with Gasteiger partial charge in [-0.3, -0.25) is 0 Å². The lowest BCUT2D eigenvalue weighted by atomic mass is 9.47. The van der Waals surface area contributed by atoms with Crippen molar-refractivity contribution in [3.63, 3.8) is 0 Å². The molecule has 1 aromatic carbocycles. The number of hydrogen-bond donors (Lipinski definition) is 0. The van der Waals surface area contributed by atoms with Crippen molar-refractivity contribution in [2.45, 2.75) is 38.5 Å². The van der Waals surface area contributed by atoms with Crippen LogP contribution in [0.1, 0.15) is 32.3 Å². The first-order valence-electron chi connectivity index (χ1n) is 7.31. The summed E-state index contributed by atoms with van der Waals surface area (Å²) in [5, 5.41) is 0. The van der Waals surface area contributed by atoms with Crippen LogP contribution in [0.25, 0.3) is 0 Å². The zero-order chi connectivity index (χ0) is 15.4. The first-order chi connectivity index (χ1) is 9.72. The predicted octanol–water partition coefficient (Wildman–Crippen LogP) is 3.75. The van der Waals surface area contributed by atoms with Gasteiger partial charge in [0.05, 0.1) is 10.6 Å². The molecular weight excluding hydrogens is 282 g/mol. The van der Waals surface area contributed by atoms with Gasteiger partial charge in [0, 0.05) is 0 Å². The summed E-state index contributed by atoms with van der Waals surface area (Å²) in [6, 6.07) is 6.82. The lowest BCUT2D eigenvalue weighted by molar-refractivity contribution is 0.00185. The van der Waals surface area contributed by atoms with Gasteiger partial charge in [-0.2, -0.15) is 12.8 Å². The Balaban J connectivity index is 1.92. The fourth-order valence-corrected chi connectivity index (χ4v) is 4.59. The summed E-state index contributed by atoms with van der Waals surface area (Å²) in [5.41, 5.74) is 2.87. The third-order valence-corrected chi connectivity index (χ3v) is 6.58. The Bertz CT molecular complexity index is 727. The van der Waals surface area contributed by atoms with Gasteiger partial charge in [0.1, 0.15) is 0 Å². The largest absolute Gasteiger partial charge is 0.282 e. The normalized spacial score (nSPS) is 29.3. The van der Waals surface area contributed by atoms with E-state index in [1.165, 1.54) is 0 Å². The van der Waals surface area contributed by atoms with Crippen LogP contribution in [-0.4, -0.2) is 14.1 Å². The van der Waals surface area contributed by atoms with Crippen molar-refractivity contribution in [3.05, 3.63) is 42.0 Å². The minimum Gasteiger partial charge on any atom is -0.199 e. The average molecular weight is 303 g/mol. The molecule has 3 fully saturated rings. The highest BCUT2D eigenvalue weighted by Crippen LogP contribution is 2.60. The number of rotatable bonds is 2. The molecular formula is C17H21NO2S. The van der Waals surface area contributed by atoms with Gasteiger partial charge < -0.3 is 0 Å². The molecule has 0 N–H and O–H groups in total. The van der Waals surface area contributed by atoms with E-state index in [9.17, 15) is 8.42 Å². The summed E-state index contributed by atoms with van der Waals surface area (Å²) in [5.74, 6) is 0.906. The Morgan fingerprint density at radius 1 is 1.24 bits per heavy atom. The van der Waals surface area contributed by atoms with E-state index in [-0.39, 0.29) is 10.3 Å². The van der Waals surface area contributed by atoms with Crippen molar-refractivity contribution in [3.8, 4) is 0 Å². The lowest BCUT2D eigenvalue weighted by Gasteiger charge is -2.57. The van der Waals surface area contributed by atoms with Crippen LogP contribution in [0, 0.1) is 24.2 Å². The minimum absolute atomic E-state index is 0.240. The van der Waals surface area contributed by atoms with Gasteiger partial charge in [-0.25, -0.2) is 0 Å². The maximum Gasteiger partial charge on any atom is 0.282 e. The maximum atomic E-state index is 12.4. The molecule has 4 heteroatoms. The molecule has 3 aliphatic rings. The van der Waals surface area contributed by atoms with E-state index in [0.29, 0.717) is 17.5 Å². The van der Waals surface area contributed by atoms with Crippen LogP contribution < -0.4 is 0 Å². The van der Waals surface area contributed by atoms with Crippen molar-refractivity contribution in [2.75, 3.05) is 0 Å². The van der Waals surface area contributed by atoms with E-state index < -0.39 is 10.0 Å². The Hall–Kier alpha value is -1.42. The molecule has 3 aliphatic carbocycles. The molecule has 1 aromatic rings. The summed E-state index contributed by atoms with van der Waals surface area (Å²) in [6.45, 7) is 10.5. The molecule has 0 amide bonds. The third kappa shape index (κ3) is 2.26. The molecule has 4 rings (SSSR count). The van der Waals surface area contributed by atoms with Gasteiger partial charge in [-0.15, -0.1) is 0 Å². The van der Waals surface area contributed by atoms with Gasteiger partial charge in [-0.05, 0) is 54.7 Å². The SMILES string of the molecule is C=C1/C(=N\S(=O)(=O)c2ccc(C)cc2)C[C@@H]2C[C@H]1C2(C)C. The second kappa shape index (κ2) is 4.54. The first kappa shape index (κ1) is 14.5. The van der Waals surface area contributed by atoms with Crippen LogP contribution >= 0.6 is 0 Å². The van der Waals surface area contributed by atoms with Gasteiger partial charge in [0.15, 0.2) is 0 Å². The molecule has 21 heavy (non-hydrogen) atoms. The molecule has 0 aliphatic heterocycles. The van der Waals surface area contributed by atoms with E-state index in [1.54, 1.807) is 24.3 Å². The zero-order valence-electron chi connectivity index (χ0n) is 12.8. The van der Waals surface area contributed by atoms with Crippen molar-refractivity contribution in [1.29, 1.82) is 0 Å². The lowest BCUT2D eigenvalue weighted by Crippen LogP contribution is -2.52.